The van der Waals surface area contributed by atoms with Crippen LogP contribution in [0.1, 0.15) is 12.7 Å². The molecule has 1 atom stereocenters. The quantitative estimate of drug-likeness (QED) is 0.741. The van der Waals surface area contributed by atoms with Crippen molar-refractivity contribution in [2.45, 2.75) is 19.5 Å². The second-order valence-electron chi connectivity index (χ2n) is 6.18. The number of aryl methyl sites for hydroxylation is 1. The Morgan fingerprint density at radius 1 is 1.26 bits per heavy atom. The number of hydrogen-bond donors (Lipinski definition) is 0. The highest BCUT2D eigenvalue weighted by molar-refractivity contribution is 7.22. The normalized spacial score (nSPS) is 19.6. The van der Waals surface area contributed by atoms with Crippen LogP contribution in [0.15, 0.2) is 36.7 Å². The third-order valence-corrected chi connectivity index (χ3v) is 5.68. The number of para-hydroxylation sites is 1. The molecule has 23 heavy (non-hydrogen) atoms. The first-order valence-electron chi connectivity index (χ1n) is 8.01. The number of fused-ring (bicyclic) bond motifs is 1. The predicted octanol–water partition coefficient (Wildman–Crippen LogP) is 2.74. The molecule has 0 radical (unpaired) electrons. The van der Waals surface area contributed by atoms with E-state index < -0.39 is 0 Å². The summed E-state index contributed by atoms with van der Waals surface area (Å²) < 4.78 is 3.37. The first kappa shape index (κ1) is 14.7. The number of anilines is 1. The van der Waals surface area contributed by atoms with Crippen molar-refractivity contribution in [2.75, 3.05) is 24.5 Å². The number of thiazole rings is 1. The van der Waals surface area contributed by atoms with E-state index >= 15 is 0 Å². The minimum Gasteiger partial charge on any atom is -0.345 e. The smallest absolute Gasteiger partial charge is 0.186 e. The number of hydrogen-bond acceptors (Lipinski definition) is 5. The van der Waals surface area contributed by atoms with Crippen molar-refractivity contribution in [3.63, 3.8) is 0 Å². The zero-order valence-electron chi connectivity index (χ0n) is 13.5. The van der Waals surface area contributed by atoms with Crippen LogP contribution in [0.3, 0.4) is 0 Å². The van der Waals surface area contributed by atoms with Gasteiger partial charge in [-0.3, -0.25) is 4.90 Å². The van der Waals surface area contributed by atoms with Crippen molar-refractivity contribution in [1.82, 2.24) is 19.4 Å². The van der Waals surface area contributed by atoms with Crippen LogP contribution in [0.2, 0.25) is 0 Å². The average Bonchev–Trinajstić information content (AvgIpc) is 3.15. The van der Waals surface area contributed by atoms with Gasteiger partial charge in [0.25, 0.3) is 0 Å². The van der Waals surface area contributed by atoms with Gasteiger partial charge in [-0.05, 0) is 19.1 Å². The van der Waals surface area contributed by atoms with E-state index in [0.29, 0.717) is 6.04 Å². The molecule has 0 aliphatic carbocycles. The van der Waals surface area contributed by atoms with Gasteiger partial charge in [-0.15, -0.1) is 0 Å². The molecule has 4 rings (SSSR count). The SMILES string of the molecule is C[C@@H]1CN(c2nc3ccccc3s2)CCN1Cc1nccn1C. The van der Waals surface area contributed by atoms with Crippen molar-refractivity contribution in [2.24, 2.45) is 7.05 Å². The molecular weight excluding hydrogens is 306 g/mol. The monoisotopic (exact) mass is 327 g/mol. The highest BCUT2D eigenvalue weighted by Gasteiger charge is 2.26. The molecule has 1 fully saturated rings. The van der Waals surface area contributed by atoms with E-state index in [-0.39, 0.29) is 0 Å². The Morgan fingerprint density at radius 2 is 2.13 bits per heavy atom. The Bertz CT molecular complexity index is 775. The first-order chi connectivity index (χ1) is 11.2. The number of imidazole rings is 1. The van der Waals surface area contributed by atoms with Crippen LogP contribution < -0.4 is 4.90 Å². The van der Waals surface area contributed by atoms with Gasteiger partial charge in [0.1, 0.15) is 5.82 Å². The molecule has 1 aromatic carbocycles. The Morgan fingerprint density at radius 3 is 2.87 bits per heavy atom. The third-order valence-electron chi connectivity index (χ3n) is 4.58. The van der Waals surface area contributed by atoms with E-state index in [9.17, 15) is 0 Å². The summed E-state index contributed by atoms with van der Waals surface area (Å²) in [6.45, 7) is 6.30. The Kier molecular flexibility index (Phi) is 3.79. The lowest BCUT2D eigenvalue weighted by molar-refractivity contribution is 0.175. The van der Waals surface area contributed by atoms with E-state index in [4.69, 9.17) is 4.98 Å². The van der Waals surface area contributed by atoms with E-state index in [2.05, 4.69) is 57.6 Å². The number of nitrogens with zero attached hydrogens (tertiary/aromatic N) is 5. The largest absolute Gasteiger partial charge is 0.345 e. The standard InChI is InChI=1S/C17H21N5S/c1-13-11-22(17-19-14-5-3-4-6-15(14)23-17)10-9-21(13)12-16-18-7-8-20(16)2/h3-8,13H,9-12H2,1-2H3/t13-/m1/s1. The van der Waals surface area contributed by atoms with Crippen LogP contribution >= 0.6 is 11.3 Å². The maximum Gasteiger partial charge on any atom is 0.186 e. The van der Waals surface area contributed by atoms with Gasteiger partial charge >= 0.3 is 0 Å². The lowest BCUT2D eigenvalue weighted by Gasteiger charge is -2.39. The molecule has 0 amide bonds. The second-order valence-corrected chi connectivity index (χ2v) is 7.19. The van der Waals surface area contributed by atoms with Crippen molar-refractivity contribution in [3.8, 4) is 0 Å². The predicted molar refractivity (Wildman–Crippen MR) is 94.9 cm³/mol. The highest BCUT2D eigenvalue weighted by atomic mass is 32.1. The second kappa shape index (κ2) is 5.94. The van der Waals surface area contributed by atoms with Crippen molar-refractivity contribution in [1.29, 1.82) is 0 Å². The van der Waals surface area contributed by atoms with E-state index in [1.807, 2.05) is 12.4 Å². The lowest BCUT2D eigenvalue weighted by Crippen LogP contribution is -2.51. The molecule has 0 spiro atoms. The van der Waals surface area contributed by atoms with Crippen molar-refractivity contribution >= 4 is 26.7 Å². The Hall–Kier alpha value is -1.92. The summed E-state index contributed by atoms with van der Waals surface area (Å²) in [6.07, 6.45) is 3.88. The van der Waals surface area contributed by atoms with E-state index in [0.717, 1.165) is 42.7 Å². The molecular formula is C17H21N5S. The fraction of sp³-hybridized carbons (Fsp3) is 0.412. The molecule has 5 nitrogen and oxygen atoms in total. The minimum atomic E-state index is 0.493. The Labute approximate surface area is 140 Å². The molecule has 1 aliphatic rings. The number of aromatic nitrogens is 3. The number of rotatable bonds is 3. The van der Waals surface area contributed by atoms with Crippen LogP contribution in [0, 0.1) is 0 Å². The summed E-state index contributed by atoms with van der Waals surface area (Å²) in [5, 5.41) is 1.15. The number of benzene rings is 1. The van der Waals surface area contributed by atoms with Gasteiger partial charge in [-0.1, -0.05) is 23.5 Å². The van der Waals surface area contributed by atoms with Gasteiger partial charge in [-0.25, -0.2) is 9.97 Å². The summed E-state index contributed by atoms with van der Waals surface area (Å²) >= 11 is 1.79. The fourth-order valence-corrected chi connectivity index (χ4v) is 4.13. The van der Waals surface area contributed by atoms with Crippen LogP contribution in [0.25, 0.3) is 10.2 Å². The van der Waals surface area contributed by atoms with Crippen molar-refractivity contribution < 1.29 is 0 Å². The molecule has 2 aromatic heterocycles. The molecule has 120 valence electrons. The summed E-state index contributed by atoms with van der Waals surface area (Å²) in [6, 6.07) is 8.87. The van der Waals surface area contributed by atoms with Gasteiger partial charge in [0, 0.05) is 45.1 Å². The Balaban J connectivity index is 1.47. The molecule has 3 heterocycles. The van der Waals surface area contributed by atoms with Gasteiger partial charge in [0.05, 0.1) is 16.8 Å². The van der Waals surface area contributed by atoms with Crippen LogP contribution in [-0.4, -0.2) is 45.1 Å². The molecule has 1 saturated heterocycles. The van der Waals surface area contributed by atoms with E-state index in [1.165, 1.54) is 4.70 Å². The van der Waals surface area contributed by atoms with E-state index in [1.54, 1.807) is 11.3 Å². The van der Waals surface area contributed by atoms with Gasteiger partial charge < -0.3 is 9.47 Å². The summed E-state index contributed by atoms with van der Waals surface area (Å²) in [4.78, 5) is 14.2. The molecule has 0 saturated carbocycles. The van der Waals surface area contributed by atoms with Gasteiger partial charge in [0.15, 0.2) is 5.13 Å². The topological polar surface area (TPSA) is 37.2 Å². The summed E-state index contributed by atoms with van der Waals surface area (Å²) in [5.41, 5.74) is 1.11. The maximum absolute atomic E-state index is 4.80. The van der Waals surface area contributed by atoms with Crippen molar-refractivity contribution in [3.05, 3.63) is 42.5 Å². The zero-order chi connectivity index (χ0) is 15.8. The van der Waals surface area contributed by atoms with Crippen LogP contribution in [0.4, 0.5) is 5.13 Å². The fourth-order valence-electron chi connectivity index (χ4n) is 3.13. The molecule has 3 aromatic rings. The third kappa shape index (κ3) is 2.84. The minimum absolute atomic E-state index is 0.493. The zero-order valence-corrected chi connectivity index (χ0v) is 14.3. The molecule has 0 unspecified atom stereocenters. The van der Waals surface area contributed by atoms with Gasteiger partial charge in [-0.2, -0.15) is 0 Å². The molecule has 0 bridgehead atoms. The summed E-state index contributed by atoms with van der Waals surface area (Å²) in [7, 11) is 2.06. The number of piperazine rings is 1. The summed E-state index contributed by atoms with van der Waals surface area (Å²) in [5.74, 6) is 1.13. The lowest BCUT2D eigenvalue weighted by atomic mass is 10.2. The highest BCUT2D eigenvalue weighted by Crippen LogP contribution is 2.30. The first-order valence-corrected chi connectivity index (χ1v) is 8.83. The average molecular weight is 327 g/mol. The van der Waals surface area contributed by atoms with Crippen LogP contribution in [0.5, 0.6) is 0 Å². The van der Waals surface area contributed by atoms with Gasteiger partial charge in [0.2, 0.25) is 0 Å². The maximum atomic E-state index is 4.80. The molecule has 6 heteroatoms. The molecule has 0 N–H and O–H groups in total. The molecule has 1 aliphatic heterocycles. The van der Waals surface area contributed by atoms with Crippen LogP contribution in [-0.2, 0) is 13.6 Å².